The van der Waals surface area contributed by atoms with Gasteiger partial charge in [-0.05, 0) is 36.8 Å². The molecule has 28 heavy (non-hydrogen) atoms. The quantitative estimate of drug-likeness (QED) is 0.592. The van der Waals surface area contributed by atoms with Crippen LogP contribution in [-0.4, -0.2) is 28.8 Å². The van der Waals surface area contributed by atoms with Crippen LogP contribution in [0.5, 0.6) is 5.75 Å². The summed E-state index contributed by atoms with van der Waals surface area (Å²) in [5.74, 6) is -0.104. The van der Waals surface area contributed by atoms with E-state index in [-0.39, 0.29) is 19.7 Å². The van der Waals surface area contributed by atoms with Crippen LogP contribution in [0.4, 0.5) is 0 Å². The van der Waals surface area contributed by atoms with Gasteiger partial charge in [-0.15, -0.1) is 0 Å². The molecule has 1 aromatic heterocycles. The summed E-state index contributed by atoms with van der Waals surface area (Å²) < 4.78 is 12.5. The second kappa shape index (κ2) is 8.31. The Bertz CT molecular complexity index is 1150. The van der Waals surface area contributed by atoms with E-state index < -0.39 is 17.2 Å². The SMILES string of the molecule is CCOC(=O)Cn1c(=O)n(Cc2ccc(Cl)c(OC)c2)c(=O)c2ccccc21. The number of ether oxygens (including phenoxy) is 2. The van der Waals surface area contributed by atoms with Gasteiger partial charge in [0, 0.05) is 0 Å². The molecule has 8 heteroatoms. The Morgan fingerprint density at radius 2 is 1.86 bits per heavy atom. The van der Waals surface area contributed by atoms with Crippen molar-refractivity contribution in [1.29, 1.82) is 0 Å². The molecule has 0 saturated carbocycles. The third kappa shape index (κ3) is 3.80. The Balaban J connectivity index is 2.16. The molecule has 0 aliphatic rings. The smallest absolute Gasteiger partial charge is 0.332 e. The zero-order chi connectivity index (χ0) is 20.3. The van der Waals surface area contributed by atoms with E-state index in [1.54, 1.807) is 49.4 Å². The maximum Gasteiger partial charge on any atom is 0.332 e. The van der Waals surface area contributed by atoms with Crippen LogP contribution in [0.3, 0.4) is 0 Å². The molecule has 0 saturated heterocycles. The van der Waals surface area contributed by atoms with Crippen molar-refractivity contribution in [1.82, 2.24) is 9.13 Å². The van der Waals surface area contributed by atoms with E-state index in [4.69, 9.17) is 21.1 Å². The zero-order valence-corrected chi connectivity index (χ0v) is 16.2. The number of esters is 1. The first kappa shape index (κ1) is 19.7. The largest absolute Gasteiger partial charge is 0.495 e. The summed E-state index contributed by atoms with van der Waals surface area (Å²) in [5, 5.41) is 0.768. The molecule has 0 spiro atoms. The summed E-state index contributed by atoms with van der Waals surface area (Å²) in [4.78, 5) is 37.9. The van der Waals surface area contributed by atoms with Crippen LogP contribution >= 0.6 is 11.6 Å². The van der Waals surface area contributed by atoms with E-state index in [1.807, 2.05) is 0 Å². The average Bonchev–Trinajstić information content (AvgIpc) is 2.70. The third-order valence-electron chi connectivity index (χ3n) is 4.28. The number of carbonyl (C=O) groups excluding carboxylic acids is 1. The third-order valence-corrected chi connectivity index (χ3v) is 4.59. The van der Waals surface area contributed by atoms with Gasteiger partial charge in [0.15, 0.2) is 0 Å². The molecule has 7 nitrogen and oxygen atoms in total. The van der Waals surface area contributed by atoms with Gasteiger partial charge in [-0.1, -0.05) is 29.8 Å². The summed E-state index contributed by atoms with van der Waals surface area (Å²) >= 11 is 6.04. The number of aromatic nitrogens is 2. The van der Waals surface area contributed by atoms with E-state index >= 15 is 0 Å². The number of methoxy groups -OCH3 is 1. The fourth-order valence-electron chi connectivity index (χ4n) is 2.98. The summed E-state index contributed by atoms with van der Waals surface area (Å²) in [6.07, 6.45) is 0. The molecule has 0 aliphatic carbocycles. The van der Waals surface area contributed by atoms with Crippen LogP contribution in [0, 0.1) is 0 Å². The minimum absolute atomic E-state index is 0.0128. The maximum atomic E-state index is 13.0. The average molecular weight is 403 g/mol. The van der Waals surface area contributed by atoms with E-state index in [1.165, 1.54) is 11.7 Å². The van der Waals surface area contributed by atoms with Gasteiger partial charge in [-0.2, -0.15) is 0 Å². The lowest BCUT2D eigenvalue weighted by atomic mass is 10.2. The predicted molar refractivity (Wildman–Crippen MR) is 106 cm³/mol. The number of fused-ring (bicyclic) bond motifs is 1. The molecule has 0 N–H and O–H groups in total. The number of hydrogen-bond donors (Lipinski definition) is 0. The normalized spacial score (nSPS) is 10.8. The highest BCUT2D eigenvalue weighted by Crippen LogP contribution is 2.25. The van der Waals surface area contributed by atoms with Gasteiger partial charge >= 0.3 is 11.7 Å². The topological polar surface area (TPSA) is 79.5 Å². The highest BCUT2D eigenvalue weighted by molar-refractivity contribution is 6.32. The minimum Gasteiger partial charge on any atom is -0.495 e. The monoisotopic (exact) mass is 402 g/mol. The summed E-state index contributed by atoms with van der Waals surface area (Å²) in [6.45, 7) is 1.62. The van der Waals surface area contributed by atoms with E-state index in [2.05, 4.69) is 0 Å². The first-order valence-electron chi connectivity index (χ1n) is 8.66. The van der Waals surface area contributed by atoms with Crippen molar-refractivity contribution >= 4 is 28.5 Å². The van der Waals surface area contributed by atoms with E-state index in [9.17, 15) is 14.4 Å². The molecule has 3 rings (SSSR count). The van der Waals surface area contributed by atoms with Crippen LogP contribution in [0.25, 0.3) is 10.9 Å². The van der Waals surface area contributed by atoms with Crippen molar-refractivity contribution < 1.29 is 14.3 Å². The van der Waals surface area contributed by atoms with Crippen molar-refractivity contribution in [3.05, 3.63) is 73.9 Å². The summed E-state index contributed by atoms with van der Waals surface area (Å²) in [6, 6.07) is 11.7. The lowest BCUT2D eigenvalue weighted by Crippen LogP contribution is -2.41. The number of halogens is 1. The molecule has 0 atom stereocenters. The first-order chi connectivity index (χ1) is 13.5. The zero-order valence-electron chi connectivity index (χ0n) is 15.5. The van der Waals surface area contributed by atoms with Crippen LogP contribution in [-0.2, 0) is 22.6 Å². The highest BCUT2D eigenvalue weighted by Gasteiger charge is 2.16. The Labute approximate surface area is 165 Å². The number of para-hydroxylation sites is 1. The molecule has 1 heterocycles. The van der Waals surface area contributed by atoms with E-state index in [0.717, 1.165) is 4.57 Å². The minimum atomic E-state index is -0.592. The fraction of sp³-hybridized carbons (Fsp3) is 0.250. The van der Waals surface area contributed by atoms with Crippen molar-refractivity contribution in [3.63, 3.8) is 0 Å². The molecule has 0 bridgehead atoms. The molecular formula is C20H19ClN2O5. The highest BCUT2D eigenvalue weighted by atomic mass is 35.5. The lowest BCUT2D eigenvalue weighted by molar-refractivity contribution is -0.143. The van der Waals surface area contributed by atoms with Gasteiger partial charge in [0.05, 0.1) is 36.2 Å². The molecule has 0 radical (unpaired) electrons. The van der Waals surface area contributed by atoms with Crippen molar-refractivity contribution in [3.8, 4) is 5.75 Å². The van der Waals surface area contributed by atoms with Crippen LogP contribution in [0.2, 0.25) is 5.02 Å². The van der Waals surface area contributed by atoms with Gasteiger partial charge in [0.25, 0.3) is 5.56 Å². The molecule has 3 aromatic rings. The standard InChI is InChI=1S/C20H19ClN2O5/c1-3-28-18(24)12-22-16-7-5-4-6-14(16)19(25)23(20(22)26)11-13-8-9-15(21)17(10-13)27-2/h4-10H,3,11-12H2,1-2H3. The van der Waals surface area contributed by atoms with Crippen LogP contribution in [0.1, 0.15) is 12.5 Å². The second-order valence-electron chi connectivity index (χ2n) is 6.05. The van der Waals surface area contributed by atoms with Crippen molar-refractivity contribution in [2.45, 2.75) is 20.0 Å². The van der Waals surface area contributed by atoms with Gasteiger partial charge < -0.3 is 9.47 Å². The van der Waals surface area contributed by atoms with Crippen LogP contribution in [0.15, 0.2) is 52.1 Å². The Morgan fingerprint density at radius 3 is 2.57 bits per heavy atom. The molecule has 0 aliphatic heterocycles. The van der Waals surface area contributed by atoms with E-state index in [0.29, 0.717) is 27.2 Å². The van der Waals surface area contributed by atoms with Gasteiger partial charge in [-0.3, -0.25) is 18.7 Å². The molecule has 146 valence electrons. The molecule has 0 unspecified atom stereocenters. The fourth-order valence-corrected chi connectivity index (χ4v) is 3.18. The Morgan fingerprint density at radius 1 is 1.11 bits per heavy atom. The summed E-state index contributed by atoms with van der Waals surface area (Å²) in [7, 11) is 1.49. The number of benzene rings is 2. The number of hydrogen-bond acceptors (Lipinski definition) is 5. The lowest BCUT2D eigenvalue weighted by Gasteiger charge is -2.14. The van der Waals surface area contributed by atoms with Gasteiger partial charge in [0.1, 0.15) is 12.3 Å². The van der Waals surface area contributed by atoms with Crippen molar-refractivity contribution in [2.24, 2.45) is 0 Å². The number of rotatable bonds is 6. The summed E-state index contributed by atoms with van der Waals surface area (Å²) in [5.41, 5.74) is 0.0224. The van der Waals surface area contributed by atoms with Crippen LogP contribution < -0.4 is 16.0 Å². The molecular weight excluding hydrogens is 384 g/mol. The molecule has 0 amide bonds. The van der Waals surface area contributed by atoms with Crippen molar-refractivity contribution in [2.75, 3.05) is 13.7 Å². The van der Waals surface area contributed by atoms with Gasteiger partial charge in [-0.25, -0.2) is 4.79 Å². The molecule has 0 fully saturated rings. The van der Waals surface area contributed by atoms with Gasteiger partial charge in [0.2, 0.25) is 0 Å². The number of nitrogens with zero attached hydrogens (tertiary/aromatic N) is 2. The second-order valence-corrected chi connectivity index (χ2v) is 6.46. The Hall–Kier alpha value is -3.06. The maximum absolute atomic E-state index is 13.0. The number of carbonyl (C=O) groups is 1. The molecule has 2 aromatic carbocycles. The Kier molecular flexibility index (Phi) is 5.84. The first-order valence-corrected chi connectivity index (χ1v) is 9.04. The predicted octanol–water partition coefficient (Wildman–Crippen LogP) is 2.44.